The second kappa shape index (κ2) is 5.49. The Balaban J connectivity index is 1.54. The van der Waals surface area contributed by atoms with Gasteiger partial charge in [-0.3, -0.25) is 4.79 Å². The molecule has 0 N–H and O–H groups in total. The molecule has 0 bridgehead atoms. The normalized spacial score (nSPS) is 25.0. The lowest BCUT2D eigenvalue weighted by molar-refractivity contribution is -0.128. The average molecular weight is 327 g/mol. The van der Waals surface area contributed by atoms with Gasteiger partial charge < -0.3 is 14.5 Å². The number of likely N-dealkylation sites (N-methyl/N-ethyl adjacent to an activating group) is 1. The smallest absolute Gasteiger partial charge is 0.410 e. The van der Waals surface area contributed by atoms with Gasteiger partial charge in [-0.2, -0.15) is 0 Å². The molecule has 2 saturated heterocycles. The molecule has 0 saturated carbocycles. The molecular formula is C13H17N3O3S2. The maximum absolute atomic E-state index is 12.3. The van der Waals surface area contributed by atoms with Gasteiger partial charge in [-0.05, 0) is 6.92 Å². The zero-order chi connectivity index (χ0) is 15.0. The first kappa shape index (κ1) is 14.6. The van der Waals surface area contributed by atoms with E-state index in [1.807, 2.05) is 12.3 Å². The van der Waals surface area contributed by atoms with Crippen molar-refractivity contribution in [2.45, 2.75) is 23.3 Å². The van der Waals surface area contributed by atoms with Crippen molar-refractivity contribution in [3.63, 3.8) is 0 Å². The molecule has 21 heavy (non-hydrogen) atoms. The van der Waals surface area contributed by atoms with E-state index in [2.05, 4.69) is 4.98 Å². The molecule has 1 spiro atoms. The summed E-state index contributed by atoms with van der Waals surface area (Å²) in [4.78, 5) is 31.5. The van der Waals surface area contributed by atoms with Crippen LogP contribution in [0.25, 0.3) is 0 Å². The van der Waals surface area contributed by atoms with Gasteiger partial charge in [0, 0.05) is 31.1 Å². The standard InChI is InChI=1S/C13H17N3O3S2/c1-9-5-20-11(14-9)21-6-10(17)16-4-3-13(8-16)7-15(2)12(18)19-13/h5H,3-4,6-8H2,1-2H3/t13-/m1/s1. The van der Waals surface area contributed by atoms with Crippen molar-refractivity contribution < 1.29 is 14.3 Å². The first-order chi connectivity index (χ1) is 9.97. The number of rotatable bonds is 3. The second-order valence-electron chi connectivity index (χ2n) is 5.52. The van der Waals surface area contributed by atoms with Gasteiger partial charge in [0.25, 0.3) is 0 Å². The van der Waals surface area contributed by atoms with Crippen LogP contribution in [0.2, 0.25) is 0 Å². The number of nitrogens with zero attached hydrogens (tertiary/aromatic N) is 3. The number of thiazole rings is 1. The SMILES string of the molecule is Cc1csc(SCC(=O)N2CC[C@@]3(CN(C)C(=O)O3)C2)n1. The first-order valence-corrected chi connectivity index (χ1v) is 8.61. The van der Waals surface area contributed by atoms with Crippen molar-refractivity contribution in [2.75, 3.05) is 32.4 Å². The van der Waals surface area contributed by atoms with Gasteiger partial charge in [0.05, 0.1) is 18.8 Å². The highest BCUT2D eigenvalue weighted by Crippen LogP contribution is 2.32. The summed E-state index contributed by atoms with van der Waals surface area (Å²) in [5, 5.41) is 1.98. The van der Waals surface area contributed by atoms with E-state index in [1.165, 1.54) is 11.8 Å². The molecule has 3 heterocycles. The third kappa shape index (κ3) is 3.01. The molecule has 0 unspecified atom stereocenters. The monoisotopic (exact) mass is 327 g/mol. The molecular weight excluding hydrogens is 310 g/mol. The number of aromatic nitrogens is 1. The van der Waals surface area contributed by atoms with E-state index in [9.17, 15) is 9.59 Å². The molecule has 8 heteroatoms. The summed E-state index contributed by atoms with van der Waals surface area (Å²) >= 11 is 3.02. The fraction of sp³-hybridized carbons (Fsp3) is 0.615. The highest BCUT2D eigenvalue weighted by molar-refractivity contribution is 8.01. The van der Waals surface area contributed by atoms with E-state index in [0.717, 1.165) is 16.5 Å². The maximum atomic E-state index is 12.3. The largest absolute Gasteiger partial charge is 0.439 e. The number of ether oxygens (including phenoxy) is 1. The molecule has 0 aromatic carbocycles. The van der Waals surface area contributed by atoms with Crippen LogP contribution in [0.3, 0.4) is 0 Å². The molecule has 2 aliphatic heterocycles. The number of aryl methyl sites for hydroxylation is 1. The molecule has 114 valence electrons. The van der Waals surface area contributed by atoms with E-state index >= 15 is 0 Å². The lowest BCUT2D eigenvalue weighted by atomic mass is 10.0. The highest BCUT2D eigenvalue weighted by atomic mass is 32.2. The summed E-state index contributed by atoms with van der Waals surface area (Å²) < 4.78 is 6.36. The Labute approximate surface area is 131 Å². The second-order valence-corrected chi connectivity index (χ2v) is 7.60. The minimum Gasteiger partial charge on any atom is -0.439 e. The van der Waals surface area contributed by atoms with Gasteiger partial charge >= 0.3 is 6.09 Å². The minimum absolute atomic E-state index is 0.0790. The quantitative estimate of drug-likeness (QED) is 0.789. The molecule has 1 aromatic rings. The topological polar surface area (TPSA) is 62.7 Å². The van der Waals surface area contributed by atoms with Crippen molar-refractivity contribution in [3.8, 4) is 0 Å². The van der Waals surface area contributed by atoms with Crippen molar-refractivity contribution in [1.29, 1.82) is 0 Å². The van der Waals surface area contributed by atoms with Crippen molar-refractivity contribution in [3.05, 3.63) is 11.1 Å². The minimum atomic E-state index is -0.496. The van der Waals surface area contributed by atoms with Crippen LogP contribution in [0.5, 0.6) is 0 Å². The Morgan fingerprint density at radius 1 is 1.57 bits per heavy atom. The molecule has 2 amide bonds. The van der Waals surface area contributed by atoms with Crippen LogP contribution in [0.1, 0.15) is 12.1 Å². The van der Waals surface area contributed by atoms with Crippen molar-refractivity contribution in [1.82, 2.24) is 14.8 Å². The van der Waals surface area contributed by atoms with E-state index in [1.54, 1.807) is 28.2 Å². The van der Waals surface area contributed by atoms with Crippen molar-refractivity contribution in [2.24, 2.45) is 0 Å². The molecule has 0 radical (unpaired) electrons. The van der Waals surface area contributed by atoms with Gasteiger partial charge in [0.2, 0.25) is 5.91 Å². The summed E-state index contributed by atoms with van der Waals surface area (Å²) in [5.41, 5.74) is 0.486. The highest BCUT2D eigenvalue weighted by Gasteiger charge is 2.49. The van der Waals surface area contributed by atoms with Crippen LogP contribution in [-0.4, -0.2) is 64.8 Å². The van der Waals surface area contributed by atoms with Gasteiger partial charge in [0.1, 0.15) is 0 Å². The Morgan fingerprint density at radius 3 is 3.00 bits per heavy atom. The molecule has 1 aromatic heterocycles. The van der Waals surface area contributed by atoms with Gasteiger partial charge in [0.15, 0.2) is 9.94 Å². The molecule has 2 fully saturated rings. The summed E-state index contributed by atoms with van der Waals surface area (Å²) in [6.45, 7) is 3.66. The average Bonchev–Trinajstić information content (AvgIpc) is 3.09. The fourth-order valence-electron chi connectivity index (χ4n) is 2.68. The van der Waals surface area contributed by atoms with Crippen LogP contribution >= 0.6 is 23.1 Å². The lowest BCUT2D eigenvalue weighted by Crippen LogP contribution is -2.39. The van der Waals surface area contributed by atoms with Crippen LogP contribution in [-0.2, 0) is 9.53 Å². The van der Waals surface area contributed by atoms with Gasteiger partial charge in [-0.15, -0.1) is 11.3 Å². The zero-order valence-electron chi connectivity index (χ0n) is 12.0. The number of amides is 2. The Morgan fingerprint density at radius 2 is 2.38 bits per heavy atom. The zero-order valence-corrected chi connectivity index (χ0v) is 13.6. The number of likely N-dealkylation sites (tertiary alicyclic amines) is 1. The van der Waals surface area contributed by atoms with Crippen molar-refractivity contribution >= 4 is 35.1 Å². The predicted octanol–water partition coefficient (Wildman–Crippen LogP) is 1.60. The van der Waals surface area contributed by atoms with Gasteiger partial charge in [-0.25, -0.2) is 9.78 Å². The lowest BCUT2D eigenvalue weighted by Gasteiger charge is -2.21. The summed E-state index contributed by atoms with van der Waals surface area (Å²) in [5.74, 6) is 0.461. The molecule has 2 aliphatic rings. The number of hydrogen-bond donors (Lipinski definition) is 0. The molecule has 1 atom stereocenters. The van der Waals surface area contributed by atoms with E-state index in [4.69, 9.17) is 4.74 Å². The van der Waals surface area contributed by atoms with Crippen LogP contribution in [0, 0.1) is 6.92 Å². The Kier molecular flexibility index (Phi) is 3.83. The number of hydrogen-bond acceptors (Lipinski definition) is 6. The third-order valence-corrected chi connectivity index (χ3v) is 5.85. The summed E-state index contributed by atoms with van der Waals surface area (Å²) in [7, 11) is 1.72. The van der Waals surface area contributed by atoms with E-state index < -0.39 is 5.60 Å². The predicted molar refractivity (Wildman–Crippen MR) is 80.6 cm³/mol. The molecule has 3 rings (SSSR count). The number of carbonyl (C=O) groups is 2. The molecule has 0 aliphatic carbocycles. The first-order valence-electron chi connectivity index (χ1n) is 6.74. The summed E-state index contributed by atoms with van der Waals surface area (Å²) in [6, 6.07) is 0. The third-order valence-electron chi connectivity index (χ3n) is 3.73. The van der Waals surface area contributed by atoms with Gasteiger partial charge in [-0.1, -0.05) is 11.8 Å². The maximum Gasteiger partial charge on any atom is 0.410 e. The van der Waals surface area contributed by atoms with Crippen LogP contribution in [0.15, 0.2) is 9.72 Å². The Hall–Kier alpha value is -1.28. The molecule has 6 nitrogen and oxygen atoms in total. The van der Waals surface area contributed by atoms with E-state index in [0.29, 0.717) is 25.4 Å². The van der Waals surface area contributed by atoms with Crippen LogP contribution in [0.4, 0.5) is 4.79 Å². The Bertz CT molecular complexity index is 577. The van der Waals surface area contributed by atoms with E-state index in [-0.39, 0.29) is 12.0 Å². The summed E-state index contributed by atoms with van der Waals surface area (Å²) in [6.07, 6.45) is 0.424. The van der Waals surface area contributed by atoms with Crippen LogP contribution < -0.4 is 0 Å². The number of thioether (sulfide) groups is 1. The fourth-order valence-corrected chi connectivity index (χ4v) is 4.43. The number of carbonyl (C=O) groups excluding carboxylic acids is 2.